The van der Waals surface area contributed by atoms with Crippen LogP contribution in [0.3, 0.4) is 0 Å². The Kier molecular flexibility index (Phi) is 5.55. The Labute approximate surface area is 224 Å². The van der Waals surface area contributed by atoms with Gasteiger partial charge >= 0.3 is 0 Å². The molecule has 4 bridgehead atoms. The molecule has 2 heterocycles. The molecule has 0 radical (unpaired) electrons. The van der Waals surface area contributed by atoms with E-state index < -0.39 is 16.6 Å². The van der Waals surface area contributed by atoms with Crippen molar-refractivity contribution in [3.8, 4) is 0 Å². The second-order valence-corrected chi connectivity index (χ2v) is 26.9. The third kappa shape index (κ3) is 3.37. The molecule has 5 aliphatic carbocycles. The Morgan fingerprint density at radius 2 is 1.42 bits per heavy atom. The first-order valence-electron chi connectivity index (χ1n) is 15.4. The average Bonchev–Trinajstić information content (AvgIpc) is 3.02. The van der Waals surface area contributed by atoms with Crippen molar-refractivity contribution >= 4 is 16.6 Å². The smallest absolute Gasteiger partial charge is 0.195 e. The zero-order chi connectivity index (χ0) is 26.3. The van der Waals surface area contributed by atoms with Gasteiger partial charge in [-0.15, -0.1) is 0 Å². The Morgan fingerprint density at radius 1 is 0.750 bits per heavy atom. The molecular weight excluding hydrogens is 477 g/mol. The first-order chi connectivity index (χ1) is 16.4. The van der Waals surface area contributed by atoms with Gasteiger partial charge in [0.15, 0.2) is 22.4 Å². The molecular formula is C31H56O3Si2. The maximum atomic E-state index is 7.18. The lowest BCUT2D eigenvalue weighted by Gasteiger charge is -2.60. The highest BCUT2D eigenvalue weighted by atomic mass is 28.4. The lowest BCUT2D eigenvalue weighted by atomic mass is 9.48. The molecule has 1 spiro atoms. The third-order valence-corrected chi connectivity index (χ3v) is 22.8. The fourth-order valence-corrected chi connectivity index (χ4v) is 12.9. The largest absolute Gasteiger partial charge is 0.413 e. The number of rotatable bonds is 4. The molecule has 0 N–H and O–H groups in total. The van der Waals surface area contributed by atoms with Gasteiger partial charge in [0.1, 0.15) is 0 Å². The summed E-state index contributed by atoms with van der Waals surface area (Å²) in [7, 11) is -3.59. The van der Waals surface area contributed by atoms with Crippen molar-refractivity contribution in [1.82, 2.24) is 0 Å². The molecule has 2 saturated heterocycles. The SMILES string of the molecule is CC(C)(C)[Si](C)(C)O[C@H]1CC[C@H]2[C@@H]3CC[C@H]4C[C@]5(O[Si](C)(C)C(C)(C)C)C[C@H]6C(O5)[C@@]46[C@H]3CC[C@]12C. The number of hydrogen-bond acceptors (Lipinski definition) is 3. The molecule has 2 aliphatic heterocycles. The summed E-state index contributed by atoms with van der Waals surface area (Å²) in [4.78, 5) is 0. The van der Waals surface area contributed by atoms with Crippen LogP contribution in [0.1, 0.15) is 99.8 Å². The van der Waals surface area contributed by atoms with Gasteiger partial charge in [0.25, 0.3) is 0 Å². The summed E-state index contributed by atoms with van der Waals surface area (Å²) in [6.07, 6.45) is 11.7. The van der Waals surface area contributed by atoms with Gasteiger partial charge < -0.3 is 13.6 Å². The van der Waals surface area contributed by atoms with Gasteiger partial charge in [-0.3, -0.25) is 0 Å². The highest BCUT2D eigenvalue weighted by Gasteiger charge is 2.84. The number of hydrogen-bond donors (Lipinski definition) is 0. The van der Waals surface area contributed by atoms with E-state index in [0.717, 1.165) is 29.6 Å². The van der Waals surface area contributed by atoms with E-state index in [4.69, 9.17) is 13.6 Å². The Morgan fingerprint density at radius 3 is 2.00 bits per heavy atom. The van der Waals surface area contributed by atoms with E-state index in [9.17, 15) is 0 Å². The predicted octanol–water partition coefficient (Wildman–Crippen LogP) is 8.76. The first-order valence-corrected chi connectivity index (χ1v) is 21.3. The van der Waals surface area contributed by atoms with Crippen LogP contribution in [0.4, 0.5) is 0 Å². The fourth-order valence-electron chi connectivity index (χ4n) is 10.0. The van der Waals surface area contributed by atoms with Crippen molar-refractivity contribution in [2.24, 2.45) is 40.4 Å². The highest BCUT2D eigenvalue weighted by molar-refractivity contribution is 6.74. The zero-order valence-electron chi connectivity index (χ0n) is 25.4. The van der Waals surface area contributed by atoms with E-state index in [1.807, 2.05) is 0 Å². The van der Waals surface area contributed by atoms with Gasteiger partial charge in [-0.2, -0.15) is 0 Å². The van der Waals surface area contributed by atoms with Gasteiger partial charge in [-0.1, -0.05) is 48.5 Å². The standard InChI is InChI=1S/C31H56O3Si2/c1-27(2,3)35(8,9)33-25-15-14-22-21-13-12-20-18-30(34-36(10,11)28(4,5)6)19-24-26(32-30)31(20,24)23(21)16-17-29(22,25)7/h20-26H,12-19H2,1-11H3/t20-,21-,22-,23-,24-,25-,26?,29-,30-,31+/m0/s1. The molecule has 10 atom stereocenters. The first kappa shape index (κ1) is 26.5. The molecule has 7 rings (SSSR count). The molecule has 0 aromatic carbocycles. The van der Waals surface area contributed by atoms with E-state index in [1.54, 1.807) is 0 Å². The molecule has 5 saturated carbocycles. The van der Waals surface area contributed by atoms with Crippen molar-refractivity contribution in [2.75, 3.05) is 0 Å². The second-order valence-electron chi connectivity index (χ2n) is 17.5. The zero-order valence-corrected chi connectivity index (χ0v) is 27.4. The van der Waals surface area contributed by atoms with Crippen LogP contribution in [0.5, 0.6) is 0 Å². The van der Waals surface area contributed by atoms with E-state index in [0.29, 0.717) is 28.1 Å². The van der Waals surface area contributed by atoms with E-state index in [-0.39, 0.29) is 10.8 Å². The Bertz CT molecular complexity index is 902. The normalized spacial score (nSPS) is 49.9. The average molecular weight is 533 g/mol. The molecule has 36 heavy (non-hydrogen) atoms. The van der Waals surface area contributed by atoms with Gasteiger partial charge in [-0.25, -0.2) is 0 Å². The van der Waals surface area contributed by atoms with Crippen LogP contribution in [0.25, 0.3) is 0 Å². The van der Waals surface area contributed by atoms with Gasteiger partial charge in [-0.05, 0) is 110 Å². The lowest BCUT2D eigenvalue weighted by Crippen LogP contribution is -2.60. The van der Waals surface area contributed by atoms with Crippen molar-refractivity contribution < 1.29 is 13.6 Å². The van der Waals surface area contributed by atoms with Crippen molar-refractivity contribution in [1.29, 1.82) is 0 Å². The summed E-state index contributed by atoms with van der Waals surface area (Å²) in [6, 6.07) is 0. The topological polar surface area (TPSA) is 27.7 Å². The molecule has 0 aromatic heterocycles. The number of ether oxygens (including phenoxy) is 1. The summed E-state index contributed by atoms with van der Waals surface area (Å²) < 4.78 is 21.3. The van der Waals surface area contributed by atoms with Gasteiger partial charge in [0, 0.05) is 18.3 Å². The molecule has 0 aromatic rings. The van der Waals surface area contributed by atoms with Gasteiger partial charge in [0.05, 0.1) is 12.2 Å². The molecule has 7 aliphatic rings. The van der Waals surface area contributed by atoms with Crippen LogP contribution in [0, 0.1) is 40.4 Å². The monoisotopic (exact) mass is 532 g/mol. The minimum Gasteiger partial charge on any atom is -0.413 e. The maximum absolute atomic E-state index is 7.18. The van der Waals surface area contributed by atoms with Crippen molar-refractivity contribution in [3.63, 3.8) is 0 Å². The lowest BCUT2D eigenvalue weighted by molar-refractivity contribution is -0.261. The number of fused-ring (bicyclic) bond motifs is 3. The van der Waals surface area contributed by atoms with Crippen LogP contribution < -0.4 is 0 Å². The summed E-state index contributed by atoms with van der Waals surface area (Å²) in [5.74, 6) is 4.01. The minimum atomic E-state index is -1.85. The van der Waals surface area contributed by atoms with Crippen LogP contribution in [0.2, 0.25) is 36.3 Å². The quantitative estimate of drug-likeness (QED) is 0.339. The summed E-state index contributed by atoms with van der Waals surface area (Å²) >= 11 is 0. The summed E-state index contributed by atoms with van der Waals surface area (Å²) in [6.45, 7) is 26.7. The molecule has 7 fully saturated rings. The molecule has 206 valence electrons. The predicted molar refractivity (Wildman–Crippen MR) is 153 cm³/mol. The van der Waals surface area contributed by atoms with Crippen LogP contribution >= 0.6 is 0 Å². The van der Waals surface area contributed by atoms with E-state index >= 15 is 0 Å². The highest BCUT2D eigenvalue weighted by Crippen LogP contribution is 2.83. The Hall–Kier alpha value is 0.314. The van der Waals surface area contributed by atoms with Crippen LogP contribution in [-0.4, -0.2) is 34.6 Å². The Balaban J connectivity index is 1.20. The third-order valence-electron chi connectivity index (χ3n) is 13.9. The fraction of sp³-hybridized carbons (Fsp3) is 1.00. The minimum absolute atomic E-state index is 0.239. The summed E-state index contributed by atoms with van der Waals surface area (Å²) in [5, 5.41) is 0.531. The molecule has 1 unspecified atom stereocenters. The second kappa shape index (κ2) is 7.53. The molecule has 3 nitrogen and oxygen atoms in total. The molecule has 5 heteroatoms. The van der Waals surface area contributed by atoms with Crippen LogP contribution in [-0.2, 0) is 13.6 Å². The summed E-state index contributed by atoms with van der Waals surface area (Å²) in [5.41, 5.74) is 0.885. The van der Waals surface area contributed by atoms with Crippen molar-refractivity contribution in [3.05, 3.63) is 0 Å². The van der Waals surface area contributed by atoms with Gasteiger partial charge in [0.2, 0.25) is 0 Å². The maximum Gasteiger partial charge on any atom is 0.195 e. The van der Waals surface area contributed by atoms with Crippen molar-refractivity contribution in [2.45, 2.75) is 154 Å². The van der Waals surface area contributed by atoms with E-state index in [2.05, 4.69) is 74.7 Å². The van der Waals surface area contributed by atoms with E-state index in [1.165, 1.54) is 51.4 Å². The molecule has 0 amide bonds. The van der Waals surface area contributed by atoms with Crippen LogP contribution in [0.15, 0.2) is 0 Å².